The number of imidazole rings is 1. The zero-order valence-electron chi connectivity index (χ0n) is 19.2. The molecule has 3 aromatic carbocycles. The monoisotopic (exact) mass is 473 g/mol. The average molecular weight is 474 g/mol. The maximum absolute atomic E-state index is 12.7. The van der Waals surface area contributed by atoms with Crippen molar-refractivity contribution in [2.75, 3.05) is 6.61 Å². The second-order valence-electron chi connectivity index (χ2n) is 8.15. The molecule has 174 valence electrons. The Labute approximate surface area is 205 Å². The van der Waals surface area contributed by atoms with Crippen LogP contribution in [0.5, 0.6) is 5.75 Å². The molecule has 1 unspecified atom stereocenters. The first-order valence-corrected chi connectivity index (χ1v) is 11.7. The van der Waals surface area contributed by atoms with Gasteiger partial charge >= 0.3 is 0 Å². The van der Waals surface area contributed by atoms with Gasteiger partial charge in [0.2, 0.25) is 5.91 Å². The van der Waals surface area contributed by atoms with Gasteiger partial charge in [-0.2, -0.15) is 0 Å². The summed E-state index contributed by atoms with van der Waals surface area (Å²) in [5.41, 5.74) is 3.92. The van der Waals surface area contributed by atoms with Crippen LogP contribution in [0.1, 0.15) is 29.9 Å². The van der Waals surface area contributed by atoms with Gasteiger partial charge < -0.3 is 14.6 Å². The van der Waals surface area contributed by atoms with Crippen molar-refractivity contribution in [1.82, 2.24) is 14.9 Å². The van der Waals surface area contributed by atoms with E-state index in [1.165, 1.54) is 0 Å². The number of allylic oxidation sites excluding steroid dienone is 1. The van der Waals surface area contributed by atoms with Gasteiger partial charge in [-0.1, -0.05) is 60.1 Å². The lowest BCUT2D eigenvalue weighted by atomic mass is 10.1. The number of nitrogens with zero attached hydrogens (tertiary/aromatic N) is 2. The molecule has 0 fully saturated rings. The number of nitrogens with one attached hydrogen (secondary N) is 1. The molecule has 0 saturated carbocycles. The van der Waals surface area contributed by atoms with Gasteiger partial charge in [0.15, 0.2) is 0 Å². The number of hydrogen-bond acceptors (Lipinski definition) is 3. The van der Waals surface area contributed by atoms with Gasteiger partial charge in [-0.05, 0) is 54.8 Å². The number of hydrogen-bond donors (Lipinski definition) is 1. The summed E-state index contributed by atoms with van der Waals surface area (Å²) >= 11 is 5.95. The van der Waals surface area contributed by atoms with E-state index in [0.29, 0.717) is 18.2 Å². The van der Waals surface area contributed by atoms with Crippen molar-refractivity contribution in [3.63, 3.8) is 0 Å². The highest BCUT2D eigenvalue weighted by Crippen LogP contribution is 2.23. The van der Waals surface area contributed by atoms with Crippen LogP contribution in [0.3, 0.4) is 0 Å². The molecule has 6 heteroatoms. The molecule has 1 N–H and O–H groups in total. The SMILES string of the molecule is C=CCc1ccccc1OCCn1c(C(C)NC(=O)Cc2ccc(Cl)cc2)nc2ccccc21. The van der Waals surface area contributed by atoms with Crippen LogP contribution in [0.25, 0.3) is 11.0 Å². The lowest BCUT2D eigenvalue weighted by Gasteiger charge is -2.17. The van der Waals surface area contributed by atoms with E-state index in [4.69, 9.17) is 21.3 Å². The molecule has 0 aliphatic heterocycles. The summed E-state index contributed by atoms with van der Waals surface area (Å²) < 4.78 is 8.25. The largest absolute Gasteiger partial charge is 0.491 e. The van der Waals surface area contributed by atoms with Crippen molar-refractivity contribution >= 4 is 28.5 Å². The minimum absolute atomic E-state index is 0.0666. The van der Waals surface area contributed by atoms with E-state index < -0.39 is 0 Å². The van der Waals surface area contributed by atoms with Crippen LogP contribution in [0.4, 0.5) is 0 Å². The van der Waals surface area contributed by atoms with Crippen LogP contribution < -0.4 is 10.1 Å². The van der Waals surface area contributed by atoms with Crippen LogP contribution in [0.2, 0.25) is 5.02 Å². The normalized spacial score (nSPS) is 11.8. The highest BCUT2D eigenvalue weighted by molar-refractivity contribution is 6.30. The zero-order chi connectivity index (χ0) is 23.9. The number of halogens is 1. The molecular weight excluding hydrogens is 446 g/mol. The maximum atomic E-state index is 12.7. The van der Waals surface area contributed by atoms with E-state index in [0.717, 1.165) is 40.2 Å². The second kappa shape index (κ2) is 11.0. The third-order valence-electron chi connectivity index (χ3n) is 5.64. The lowest BCUT2D eigenvalue weighted by Crippen LogP contribution is -2.30. The fourth-order valence-corrected chi connectivity index (χ4v) is 4.15. The van der Waals surface area contributed by atoms with E-state index in [1.54, 1.807) is 12.1 Å². The minimum Gasteiger partial charge on any atom is -0.491 e. The zero-order valence-corrected chi connectivity index (χ0v) is 20.0. The van der Waals surface area contributed by atoms with Gasteiger partial charge in [0.25, 0.3) is 0 Å². The van der Waals surface area contributed by atoms with Gasteiger partial charge in [-0.15, -0.1) is 6.58 Å². The van der Waals surface area contributed by atoms with Gasteiger partial charge in [0.05, 0.1) is 30.0 Å². The Morgan fingerprint density at radius 1 is 1.12 bits per heavy atom. The summed E-state index contributed by atoms with van der Waals surface area (Å²) in [5.74, 6) is 1.59. The molecule has 0 bridgehead atoms. The molecule has 1 atom stereocenters. The highest BCUT2D eigenvalue weighted by Gasteiger charge is 2.19. The first kappa shape index (κ1) is 23.6. The van der Waals surface area contributed by atoms with Crippen LogP contribution in [-0.2, 0) is 24.2 Å². The number of amides is 1. The molecule has 4 rings (SSSR count). The molecule has 34 heavy (non-hydrogen) atoms. The number of carbonyl (C=O) groups excluding carboxylic acids is 1. The Balaban J connectivity index is 1.48. The van der Waals surface area contributed by atoms with Gasteiger partial charge in [0, 0.05) is 5.02 Å². The minimum atomic E-state index is -0.264. The molecule has 0 aliphatic carbocycles. The second-order valence-corrected chi connectivity index (χ2v) is 8.59. The van der Waals surface area contributed by atoms with Crippen molar-refractivity contribution in [2.45, 2.75) is 32.4 Å². The molecule has 0 saturated heterocycles. The average Bonchev–Trinajstić information content (AvgIpc) is 3.21. The van der Waals surface area contributed by atoms with Crippen LogP contribution >= 0.6 is 11.6 Å². The Morgan fingerprint density at radius 3 is 2.65 bits per heavy atom. The summed E-state index contributed by atoms with van der Waals surface area (Å²) in [5, 5.41) is 3.74. The van der Waals surface area contributed by atoms with Crippen molar-refractivity contribution in [3.05, 3.63) is 107 Å². The molecule has 1 amide bonds. The van der Waals surface area contributed by atoms with Crippen LogP contribution in [0, 0.1) is 0 Å². The molecule has 0 aliphatic rings. The maximum Gasteiger partial charge on any atom is 0.224 e. The van der Waals surface area contributed by atoms with E-state index in [2.05, 4.69) is 16.5 Å². The molecule has 4 aromatic rings. The molecular formula is C28H28ClN3O2. The van der Waals surface area contributed by atoms with Crippen LogP contribution in [-0.4, -0.2) is 22.1 Å². The third kappa shape index (κ3) is 5.67. The smallest absolute Gasteiger partial charge is 0.224 e. The molecule has 1 heterocycles. The predicted octanol–water partition coefficient (Wildman–Crippen LogP) is 5.92. The third-order valence-corrected chi connectivity index (χ3v) is 5.89. The standard InChI is InChI=1S/C28H28ClN3O2/c1-3-8-22-9-4-7-12-26(22)34-18-17-32-25-11-6-5-10-24(25)31-28(32)20(2)30-27(33)19-21-13-15-23(29)16-14-21/h3-7,9-16,20H,1,8,17-19H2,2H3,(H,30,33). The topological polar surface area (TPSA) is 56.1 Å². The molecule has 0 radical (unpaired) electrons. The number of para-hydroxylation sites is 3. The van der Waals surface area contributed by atoms with Crippen LogP contribution in [0.15, 0.2) is 85.5 Å². The van der Waals surface area contributed by atoms with Gasteiger partial charge in [-0.3, -0.25) is 4.79 Å². The first-order valence-electron chi connectivity index (χ1n) is 11.4. The molecule has 0 spiro atoms. The van der Waals surface area contributed by atoms with Gasteiger partial charge in [-0.25, -0.2) is 4.98 Å². The number of ether oxygens (including phenoxy) is 1. The fraction of sp³-hybridized carbons (Fsp3) is 0.214. The summed E-state index contributed by atoms with van der Waals surface area (Å²) in [4.78, 5) is 17.5. The van der Waals surface area contributed by atoms with Crippen molar-refractivity contribution < 1.29 is 9.53 Å². The quantitative estimate of drug-likeness (QED) is 0.291. The Bertz CT molecular complexity index is 1280. The van der Waals surface area contributed by atoms with E-state index in [9.17, 15) is 4.79 Å². The molecule has 5 nitrogen and oxygen atoms in total. The van der Waals surface area contributed by atoms with E-state index in [1.807, 2.05) is 73.7 Å². The number of rotatable bonds is 10. The summed E-state index contributed by atoms with van der Waals surface area (Å²) in [6.07, 6.45) is 2.91. The van der Waals surface area contributed by atoms with E-state index in [-0.39, 0.29) is 18.4 Å². The fourth-order valence-electron chi connectivity index (χ4n) is 4.02. The summed E-state index contributed by atoms with van der Waals surface area (Å²) in [6.45, 7) is 6.87. The lowest BCUT2D eigenvalue weighted by molar-refractivity contribution is -0.121. The number of carbonyl (C=O) groups is 1. The predicted molar refractivity (Wildman–Crippen MR) is 137 cm³/mol. The Morgan fingerprint density at radius 2 is 1.85 bits per heavy atom. The van der Waals surface area contributed by atoms with Gasteiger partial charge in [0.1, 0.15) is 18.2 Å². The summed E-state index contributed by atoms with van der Waals surface area (Å²) in [7, 11) is 0. The first-order chi connectivity index (χ1) is 16.5. The van der Waals surface area contributed by atoms with Crippen molar-refractivity contribution in [3.8, 4) is 5.75 Å². The number of aromatic nitrogens is 2. The Hall–Kier alpha value is -3.57. The van der Waals surface area contributed by atoms with Crippen molar-refractivity contribution in [2.24, 2.45) is 0 Å². The number of fused-ring (bicyclic) bond motifs is 1. The number of benzene rings is 3. The summed E-state index contributed by atoms with van der Waals surface area (Å²) in [6, 6.07) is 23.0. The highest BCUT2D eigenvalue weighted by atomic mass is 35.5. The van der Waals surface area contributed by atoms with E-state index >= 15 is 0 Å². The molecule has 1 aromatic heterocycles. The van der Waals surface area contributed by atoms with Crippen molar-refractivity contribution in [1.29, 1.82) is 0 Å². The Kier molecular flexibility index (Phi) is 7.65.